The fourth-order valence-corrected chi connectivity index (χ4v) is 6.11. The van der Waals surface area contributed by atoms with E-state index in [2.05, 4.69) is 35.9 Å². The zero-order valence-corrected chi connectivity index (χ0v) is 19.0. The summed E-state index contributed by atoms with van der Waals surface area (Å²) in [6, 6.07) is 20.3. The number of carbonyl (C=O) groups is 1. The molecule has 4 nitrogen and oxygen atoms in total. The average molecular weight is 446 g/mol. The minimum absolute atomic E-state index is 0.405. The van der Waals surface area contributed by atoms with Gasteiger partial charge in [0.1, 0.15) is 17.2 Å². The number of nitrogens with zero attached hydrogens (tertiary/aromatic N) is 1. The maximum absolute atomic E-state index is 11.7. The number of hydrogen-bond acceptors (Lipinski definition) is 3. The Bertz CT molecular complexity index is 1250. The summed E-state index contributed by atoms with van der Waals surface area (Å²) in [5.74, 6) is 0.457. The molecule has 32 heavy (non-hydrogen) atoms. The molecule has 1 aliphatic rings. The number of rotatable bonds is 6. The maximum atomic E-state index is 11.7. The highest BCUT2D eigenvalue weighted by Crippen LogP contribution is 2.48. The molecule has 5 rings (SSSR count). The number of fused-ring (bicyclic) bond motifs is 1. The van der Waals surface area contributed by atoms with Crippen molar-refractivity contribution in [2.45, 2.75) is 44.6 Å². The topological polar surface area (TPSA) is 51.5 Å². The van der Waals surface area contributed by atoms with Crippen molar-refractivity contribution in [2.24, 2.45) is 7.05 Å². The molecular weight excluding hydrogens is 418 g/mol. The van der Waals surface area contributed by atoms with Gasteiger partial charge in [0.2, 0.25) is 0 Å². The highest BCUT2D eigenvalue weighted by Gasteiger charge is 2.29. The van der Waals surface area contributed by atoms with Gasteiger partial charge in [0.25, 0.3) is 0 Å². The monoisotopic (exact) mass is 445 g/mol. The molecule has 0 atom stereocenters. The summed E-state index contributed by atoms with van der Waals surface area (Å²) in [6.07, 6.45) is 6.04. The first-order chi connectivity index (χ1) is 15.6. The number of carboxylic acids is 1. The van der Waals surface area contributed by atoms with Crippen molar-refractivity contribution in [3.63, 3.8) is 0 Å². The number of benzene rings is 2. The molecule has 0 spiro atoms. The molecule has 2 aromatic heterocycles. The maximum Gasteiger partial charge on any atom is 0.345 e. The molecule has 4 aromatic rings. The van der Waals surface area contributed by atoms with Gasteiger partial charge in [-0.05, 0) is 48.1 Å². The number of para-hydroxylation sites is 1. The van der Waals surface area contributed by atoms with Gasteiger partial charge in [-0.1, -0.05) is 61.7 Å². The second-order valence-electron chi connectivity index (χ2n) is 8.56. The van der Waals surface area contributed by atoms with E-state index in [0.717, 1.165) is 39.9 Å². The van der Waals surface area contributed by atoms with E-state index >= 15 is 0 Å². The van der Waals surface area contributed by atoms with Gasteiger partial charge in [-0.3, -0.25) is 0 Å². The first-order valence-electron chi connectivity index (χ1n) is 11.2. The van der Waals surface area contributed by atoms with E-state index in [0.29, 0.717) is 17.4 Å². The van der Waals surface area contributed by atoms with E-state index in [9.17, 15) is 9.90 Å². The Morgan fingerprint density at radius 3 is 2.53 bits per heavy atom. The van der Waals surface area contributed by atoms with E-state index in [1.807, 2.05) is 36.4 Å². The lowest BCUT2D eigenvalue weighted by atomic mass is 9.83. The summed E-state index contributed by atoms with van der Waals surface area (Å²) in [6.45, 7) is 0.512. The van der Waals surface area contributed by atoms with Crippen LogP contribution in [0.25, 0.3) is 21.5 Å². The van der Waals surface area contributed by atoms with Crippen molar-refractivity contribution in [1.82, 2.24) is 4.57 Å². The fraction of sp³-hybridized carbons (Fsp3) is 0.296. The van der Waals surface area contributed by atoms with Crippen LogP contribution in [-0.4, -0.2) is 15.6 Å². The Balaban J connectivity index is 1.63. The molecule has 1 aliphatic carbocycles. The number of thiophene rings is 1. The van der Waals surface area contributed by atoms with Gasteiger partial charge in [-0.25, -0.2) is 4.79 Å². The number of aromatic carboxylic acids is 1. The van der Waals surface area contributed by atoms with E-state index in [-0.39, 0.29) is 0 Å². The Morgan fingerprint density at radius 2 is 1.78 bits per heavy atom. The molecular formula is C27H27NO3S. The molecule has 2 aromatic carbocycles. The molecule has 0 radical (unpaired) electrons. The van der Waals surface area contributed by atoms with E-state index in [4.69, 9.17) is 4.74 Å². The van der Waals surface area contributed by atoms with Gasteiger partial charge in [0.15, 0.2) is 0 Å². The molecule has 0 aliphatic heterocycles. The molecule has 1 N–H and O–H groups in total. The van der Waals surface area contributed by atoms with Gasteiger partial charge >= 0.3 is 5.97 Å². The summed E-state index contributed by atoms with van der Waals surface area (Å²) in [5, 5.41) is 9.59. The third-order valence-corrected chi connectivity index (χ3v) is 7.66. The summed E-state index contributed by atoms with van der Waals surface area (Å²) >= 11 is 1.41. The lowest BCUT2D eigenvalue weighted by molar-refractivity contribution is 0.0702. The van der Waals surface area contributed by atoms with E-state index in [1.165, 1.54) is 41.9 Å². The molecule has 0 amide bonds. The molecule has 1 saturated carbocycles. The van der Waals surface area contributed by atoms with Crippen LogP contribution in [0.3, 0.4) is 0 Å². The van der Waals surface area contributed by atoms with Crippen molar-refractivity contribution in [1.29, 1.82) is 0 Å². The number of carboxylic acid groups (broad SMARTS) is 1. The Labute approximate surface area is 192 Å². The van der Waals surface area contributed by atoms with Crippen molar-refractivity contribution in [2.75, 3.05) is 0 Å². The van der Waals surface area contributed by atoms with Gasteiger partial charge in [0, 0.05) is 12.6 Å². The first-order valence-corrected chi connectivity index (χ1v) is 12.1. The number of ether oxygens (including phenoxy) is 1. The lowest BCUT2D eigenvalue weighted by Crippen LogP contribution is -2.07. The summed E-state index contributed by atoms with van der Waals surface area (Å²) in [4.78, 5) is 12.1. The van der Waals surface area contributed by atoms with Crippen molar-refractivity contribution in [3.8, 4) is 17.0 Å². The van der Waals surface area contributed by atoms with Gasteiger partial charge in [0.05, 0.1) is 15.9 Å². The van der Waals surface area contributed by atoms with Crippen molar-refractivity contribution >= 4 is 27.5 Å². The predicted molar refractivity (Wildman–Crippen MR) is 130 cm³/mol. The normalized spacial score (nSPS) is 14.7. The Kier molecular flexibility index (Phi) is 5.75. The largest absolute Gasteiger partial charge is 0.488 e. The smallest absolute Gasteiger partial charge is 0.345 e. The fourth-order valence-electron chi connectivity index (χ4n) is 4.96. The van der Waals surface area contributed by atoms with Crippen LogP contribution < -0.4 is 4.74 Å². The van der Waals surface area contributed by atoms with Crippen molar-refractivity contribution in [3.05, 3.63) is 76.7 Å². The van der Waals surface area contributed by atoms with E-state index < -0.39 is 5.97 Å². The molecule has 0 unspecified atom stereocenters. The van der Waals surface area contributed by atoms with E-state index in [1.54, 1.807) is 0 Å². The van der Waals surface area contributed by atoms with Gasteiger partial charge < -0.3 is 14.4 Å². The average Bonchev–Trinajstić information content (AvgIpc) is 3.38. The van der Waals surface area contributed by atoms with Crippen LogP contribution >= 0.6 is 11.3 Å². The SMILES string of the molecule is Cn1c(-c2ccccc2OCc2ccccc2)c(C2CCCCC2)c2sc(C(=O)O)cc21. The van der Waals surface area contributed by atoms with Crippen LogP contribution in [0, 0.1) is 0 Å². The second kappa shape index (κ2) is 8.83. The molecule has 164 valence electrons. The third kappa shape index (κ3) is 3.82. The van der Waals surface area contributed by atoms with Crippen LogP contribution in [0.4, 0.5) is 0 Å². The summed E-state index contributed by atoms with van der Waals surface area (Å²) < 4.78 is 9.59. The van der Waals surface area contributed by atoms with Crippen LogP contribution in [0.5, 0.6) is 5.75 Å². The molecule has 2 heterocycles. The predicted octanol–water partition coefficient (Wildman–Crippen LogP) is 7.23. The number of aryl methyl sites for hydroxylation is 1. The highest BCUT2D eigenvalue weighted by molar-refractivity contribution is 7.21. The Hall–Kier alpha value is -3.05. The highest BCUT2D eigenvalue weighted by atomic mass is 32.1. The first kappa shape index (κ1) is 20.8. The number of hydrogen-bond donors (Lipinski definition) is 1. The second-order valence-corrected chi connectivity index (χ2v) is 9.61. The quantitative estimate of drug-likeness (QED) is 0.340. The molecule has 1 fully saturated rings. The lowest BCUT2D eigenvalue weighted by Gasteiger charge is -2.24. The Morgan fingerprint density at radius 1 is 1.06 bits per heavy atom. The minimum Gasteiger partial charge on any atom is -0.488 e. The van der Waals surface area contributed by atoms with Gasteiger partial charge in [-0.2, -0.15) is 0 Å². The van der Waals surface area contributed by atoms with Crippen LogP contribution in [0.15, 0.2) is 60.7 Å². The molecule has 0 bridgehead atoms. The number of aromatic nitrogens is 1. The standard InChI is InChI=1S/C27H27NO3S/c1-28-21-16-23(27(29)30)32-26(21)24(19-12-6-3-7-13-19)25(28)20-14-8-9-15-22(20)31-17-18-10-4-2-5-11-18/h2,4-5,8-11,14-16,19H,3,6-7,12-13,17H2,1H3,(H,29,30). The molecule has 0 saturated heterocycles. The summed E-state index contributed by atoms with van der Waals surface area (Å²) in [7, 11) is 2.05. The van der Waals surface area contributed by atoms with Crippen molar-refractivity contribution < 1.29 is 14.6 Å². The van der Waals surface area contributed by atoms with Crippen LogP contribution in [0.2, 0.25) is 0 Å². The van der Waals surface area contributed by atoms with Crippen LogP contribution in [-0.2, 0) is 13.7 Å². The zero-order valence-electron chi connectivity index (χ0n) is 18.2. The molecule has 5 heteroatoms. The zero-order chi connectivity index (χ0) is 22.1. The summed E-state index contributed by atoms with van der Waals surface area (Å²) in [5.41, 5.74) is 5.68. The van der Waals surface area contributed by atoms with Crippen LogP contribution in [0.1, 0.15) is 58.8 Å². The van der Waals surface area contributed by atoms with Gasteiger partial charge in [-0.15, -0.1) is 11.3 Å². The minimum atomic E-state index is -0.853. The third-order valence-electron chi connectivity index (χ3n) is 6.51.